The molecular weight excluding hydrogens is 376 g/mol. The number of hydrogen-bond donors (Lipinski definition) is 1. The van der Waals surface area contributed by atoms with E-state index < -0.39 is 22.8 Å². The van der Waals surface area contributed by atoms with E-state index in [2.05, 4.69) is 14.9 Å². The Kier molecular flexibility index (Phi) is 4.84. The van der Waals surface area contributed by atoms with Crippen molar-refractivity contribution in [1.82, 2.24) is 19.8 Å². The maximum atomic E-state index is 13.0. The first kappa shape index (κ1) is 18.9. The van der Waals surface area contributed by atoms with E-state index in [9.17, 15) is 14.7 Å². The Balaban J connectivity index is 1.62. The Morgan fingerprint density at radius 2 is 1.71 bits per heavy atom. The van der Waals surface area contributed by atoms with Crippen molar-refractivity contribution < 1.29 is 14.7 Å². The molecule has 4 heterocycles. The van der Waals surface area contributed by atoms with Gasteiger partial charge in [0.15, 0.2) is 0 Å². The number of thioether (sulfide) groups is 1. The van der Waals surface area contributed by atoms with Gasteiger partial charge in [0.1, 0.15) is 17.5 Å². The van der Waals surface area contributed by atoms with Crippen molar-refractivity contribution in [2.75, 3.05) is 0 Å². The summed E-state index contributed by atoms with van der Waals surface area (Å²) in [5.41, 5.74) is 1.73. The first-order chi connectivity index (χ1) is 13.4. The number of aliphatic carboxylic acids is 1. The highest BCUT2D eigenvalue weighted by Gasteiger charge is 2.65. The highest BCUT2D eigenvalue weighted by molar-refractivity contribution is 8.01. The standard InChI is InChI=1S/C20H22N4O3S/c1-20(2)16(19(26)27)24-17(25)15(18(24)28-20)23(11-13-7-3-5-9-21-13)12-14-8-4-6-10-22-14/h3-10,15-16,18H,11-12H2,1-2H3,(H,26,27)/t15-,16+,18?/m1/s1. The van der Waals surface area contributed by atoms with E-state index in [1.54, 1.807) is 24.2 Å². The normalized spacial score (nSPS) is 25.5. The van der Waals surface area contributed by atoms with Crippen LogP contribution in [0, 0.1) is 0 Å². The summed E-state index contributed by atoms with van der Waals surface area (Å²) in [4.78, 5) is 37.2. The summed E-state index contributed by atoms with van der Waals surface area (Å²) in [5, 5.41) is 9.46. The number of hydrogen-bond acceptors (Lipinski definition) is 6. The molecule has 28 heavy (non-hydrogen) atoms. The van der Waals surface area contributed by atoms with Crippen LogP contribution in [0.1, 0.15) is 25.2 Å². The van der Waals surface area contributed by atoms with E-state index in [4.69, 9.17) is 0 Å². The number of fused-ring (bicyclic) bond motifs is 1. The van der Waals surface area contributed by atoms with Crippen LogP contribution in [0.3, 0.4) is 0 Å². The molecule has 146 valence electrons. The van der Waals surface area contributed by atoms with Crippen molar-refractivity contribution in [3.63, 3.8) is 0 Å². The zero-order valence-electron chi connectivity index (χ0n) is 15.7. The highest BCUT2D eigenvalue weighted by Crippen LogP contribution is 2.52. The maximum absolute atomic E-state index is 13.0. The Labute approximate surface area is 167 Å². The van der Waals surface area contributed by atoms with E-state index in [0.29, 0.717) is 13.1 Å². The van der Waals surface area contributed by atoms with Gasteiger partial charge in [-0.05, 0) is 38.1 Å². The van der Waals surface area contributed by atoms with Crippen LogP contribution in [-0.2, 0) is 22.7 Å². The highest BCUT2D eigenvalue weighted by atomic mass is 32.2. The number of carbonyl (C=O) groups is 2. The second-order valence-corrected chi connectivity index (χ2v) is 9.36. The smallest absolute Gasteiger partial charge is 0.327 e. The second-order valence-electron chi connectivity index (χ2n) is 7.59. The number of carboxylic acids is 1. The topological polar surface area (TPSA) is 86.6 Å². The fourth-order valence-electron chi connectivity index (χ4n) is 3.98. The van der Waals surface area contributed by atoms with Gasteiger partial charge >= 0.3 is 5.97 Å². The quantitative estimate of drug-likeness (QED) is 0.745. The zero-order valence-corrected chi connectivity index (χ0v) is 16.5. The fraction of sp³-hybridized carbons (Fsp3) is 0.400. The van der Waals surface area contributed by atoms with Gasteiger partial charge in [0.2, 0.25) is 5.91 Å². The molecule has 8 heteroatoms. The third-order valence-corrected chi connectivity index (χ3v) is 6.78. The number of carboxylic acid groups (broad SMARTS) is 1. The molecule has 4 rings (SSSR count). The predicted octanol–water partition coefficient (Wildman–Crippen LogP) is 1.99. The van der Waals surface area contributed by atoms with E-state index >= 15 is 0 Å². The van der Waals surface area contributed by atoms with Gasteiger partial charge in [0, 0.05) is 30.2 Å². The summed E-state index contributed by atoms with van der Waals surface area (Å²) in [7, 11) is 0. The van der Waals surface area contributed by atoms with Crippen molar-refractivity contribution in [2.24, 2.45) is 0 Å². The minimum Gasteiger partial charge on any atom is -0.480 e. The lowest BCUT2D eigenvalue weighted by molar-refractivity contribution is -0.166. The number of nitrogens with zero attached hydrogens (tertiary/aromatic N) is 4. The summed E-state index contributed by atoms with van der Waals surface area (Å²) >= 11 is 1.56. The Hall–Kier alpha value is -2.45. The molecule has 0 spiro atoms. The van der Waals surface area contributed by atoms with Crippen molar-refractivity contribution in [1.29, 1.82) is 0 Å². The molecule has 1 N–H and O–H groups in total. The summed E-state index contributed by atoms with van der Waals surface area (Å²) in [6.45, 7) is 4.77. The lowest BCUT2D eigenvalue weighted by Crippen LogP contribution is -2.70. The molecule has 2 saturated heterocycles. The summed E-state index contributed by atoms with van der Waals surface area (Å²) < 4.78 is -0.539. The van der Waals surface area contributed by atoms with Crippen LogP contribution in [0.4, 0.5) is 0 Å². The Bertz CT molecular complexity index is 836. The maximum Gasteiger partial charge on any atom is 0.327 e. The number of carbonyl (C=O) groups excluding carboxylic acids is 1. The van der Waals surface area contributed by atoms with E-state index in [1.807, 2.05) is 50.2 Å². The molecule has 0 saturated carbocycles. The van der Waals surface area contributed by atoms with Crippen LogP contribution < -0.4 is 0 Å². The van der Waals surface area contributed by atoms with Crippen LogP contribution in [0.2, 0.25) is 0 Å². The lowest BCUT2D eigenvalue weighted by Gasteiger charge is -2.48. The van der Waals surface area contributed by atoms with Crippen LogP contribution in [-0.4, -0.2) is 59.0 Å². The molecule has 0 aliphatic carbocycles. The van der Waals surface area contributed by atoms with Crippen molar-refractivity contribution in [2.45, 2.75) is 49.1 Å². The van der Waals surface area contributed by atoms with Gasteiger partial charge in [0.25, 0.3) is 0 Å². The number of pyridine rings is 2. The monoisotopic (exact) mass is 398 g/mol. The first-order valence-corrected chi connectivity index (χ1v) is 10.0. The van der Waals surface area contributed by atoms with Crippen molar-refractivity contribution in [3.8, 4) is 0 Å². The van der Waals surface area contributed by atoms with Gasteiger partial charge in [-0.1, -0.05) is 12.1 Å². The molecule has 0 aromatic carbocycles. The fourth-order valence-corrected chi connectivity index (χ4v) is 5.70. The number of aromatic nitrogens is 2. The van der Waals surface area contributed by atoms with Gasteiger partial charge < -0.3 is 10.0 Å². The average molecular weight is 398 g/mol. The predicted molar refractivity (Wildman–Crippen MR) is 105 cm³/mol. The zero-order chi connectivity index (χ0) is 19.9. The molecule has 2 aromatic heterocycles. The average Bonchev–Trinajstić information content (AvgIpc) is 2.91. The third kappa shape index (κ3) is 3.27. The molecule has 2 aliphatic heterocycles. The summed E-state index contributed by atoms with van der Waals surface area (Å²) in [5.74, 6) is -1.09. The summed E-state index contributed by atoms with van der Waals surface area (Å²) in [6.07, 6.45) is 3.47. The van der Waals surface area contributed by atoms with Gasteiger partial charge in [-0.15, -0.1) is 11.8 Å². The van der Waals surface area contributed by atoms with Crippen LogP contribution in [0.25, 0.3) is 0 Å². The molecule has 7 nitrogen and oxygen atoms in total. The van der Waals surface area contributed by atoms with E-state index in [1.165, 1.54) is 4.90 Å². The molecule has 0 bridgehead atoms. The number of β-lactam (4-membered cyclic amide) rings is 1. The Morgan fingerprint density at radius 1 is 1.14 bits per heavy atom. The third-order valence-electron chi connectivity index (χ3n) is 5.22. The van der Waals surface area contributed by atoms with Crippen molar-refractivity contribution in [3.05, 3.63) is 60.2 Å². The molecule has 3 atom stereocenters. The SMILES string of the molecule is CC1(C)SC2[C@H](N(Cc3ccccn3)Cc3ccccn3)C(=O)N2[C@H]1C(=O)O. The molecule has 2 aromatic rings. The van der Waals surface area contributed by atoms with Crippen LogP contribution in [0.5, 0.6) is 0 Å². The Morgan fingerprint density at radius 3 is 2.18 bits per heavy atom. The first-order valence-electron chi connectivity index (χ1n) is 9.15. The minimum atomic E-state index is -0.951. The lowest BCUT2D eigenvalue weighted by atomic mass is 9.95. The van der Waals surface area contributed by atoms with Crippen LogP contribution in [0.15, 0.2) is 48.8 Å². The van der Waals surface area contributed by atoms with Crippen LogP contribution >= 0.6 is 11.8 Å². The van der Waals surface area contributed by atoms with E-state index in [0.717, 1.165) is 11.4 Å². The van der Waals surface area contributed by atoms with Gasteiger partial charge in [0.05, 0.1) is 11.4 Å². The van der Waals surface area contributed by atoms with Gasteiger partial charge in [-0.2, -0.15) is 0 Å². The number of rotatable bonds is 6. The van der Waals surface area contributed by atoms with Gasteiger partial charge in [-0.3, -0.25) is 19.7 Å². The number of amides is 1. The van der Waals surface area contributed by atoms with Gasteiger partial charge in [-0.25, -0.2) is 4.79 Å². The second kappa shape index (κ2) is 7.18. The largest absolute Gasteiger partial charge is 0.480 e. The molecule has 0 radical (unpaired) electrons. The van der Waals surface area contributed by atoms with Crippen molar-refractivity contribution >= 4 is 23.6 Å². The minimum absolute atomic E-state index is 0.137. The molecular formula is C20H22N4O3S. The molecule has 1 amide bonds. The molecule has 1 unspecified atom stereocenters. The summed E-state index contributed by atoms with van der Waals surface area (Å²) in [6, 6.07) is 10.2. The molecule has 2 fully saturated rings. The molecule has 2 aliphatic rings. The van der Waals surface area contributed by atoms with E-state index in [-0.39, 0.29) is 11.3 Å².